The van der Waals surface area contributed by atoms with Gasteiger partial charge in [0.1, 0.15) is 0 Å². The second-order valence-corrected chi connectivity index (χ2v) is 2.42. The summed E-state index contributed by atoms with van der Waals surface area (Å²) in [6.07, 6.45) is 6.48. The molecule has 0 amide bonds. The van der Waals surface area contributed by atoms with E-state index in [1.807, 2.05) is 0 Å². The second-order valence-electron chi connectivity index (χ2n) is 2.42. The SMILES string of the molecule is C#CC(C)O/N=C1/CN=CNC1. The van der Waals surface area contributed by atoms with Crippen molar-refractivity contribution in [3.8, 4) is 12.3 Å². The molecule has 1 aliphatic heterocycles. The van der Waals surface area contributed by atoms with Crippen molar-refractivity contribution in [3.05, 3.63) is 0 Å². The Labute approximate surface area is 71.7 Å². The minimum Gasteiger partial charge on any atom is -0.380 e. The van der Waals surface area contributed by atoms with Crippen LogP contribution in [0.2, 0.25) is 0 Å². The van der Waals surface area contributed by atoms with Crippen molar-refractivity contribution < 1.29 is 4.84 Å². The van der Waals surface area contributed by atoms with E-state index in [1.165, 1.54) is 0 Å². The summed E-state index contributed by atoms with van der Waals surface area (Å²) in [5.74, 6) is 2.42. The Morgan fingerprint density at radius 1 is 1.92 bits per heavy atom. The van der Waals surface area contributed by atoms with Gasteiger partial charge in [-0.05, 0) is 6.92 Å². The average Bonchev–Trinajstić information content (AvgIpc) is 2.16. The van der Waals surface area contributed by atoms with Crippen molar-refractivity contribution in [1.82, 2.24) is 5.32 Å². The van der Waals surface area contributed by atoms with Crippen molar-refractivity contribution in [3.63, 3.8) is 0 Å². The van der Waals surface area contributed by atoms with E-state index >= 15 is 0 Å². The van der Waals surface area contributed by atoms with Crippen molar-refractivity contribution in [2.24, 2.45) is 10.1 Å². The van der Waals surface area contributed by atoms with E-state index in [1.54, 1.807) is 13.3 Å². The monoisotopic (exact) mass is 165 g/mol. The molecule has 0 aromatic heterocycles. The van der Waals surface area contributed by atoms with Crippen LogP contribution < -0.4 is 5.32 Å². The van der Waals surface area contributed by atoms with Crippen LogP contribution in [0.25, 0.3) is 0 Å². The van der Waals surface area contributed by atoms with Crippen LogP contribution in [0.1, 0.15) is 6.92 Å². The van der Waals surface area contributed by atoms with Crippen LogP contribution in [-0.4, -0.2) is 31.2 Å². The van der Waals surface area contributed by atoms with Gasteiger partial charge in [0.05, 0.1) is 25.1 Å². The molecule has 0 saturated heterocycles. The molecular formula is C8H11N3O. The summed E-state index contributed by atoms with van der Waals surface area (Å²) in [5, 5.41) is 6.77. The first-order valence-corrected chi connectivity index (χ1v) is 3.72. The minimum atomic E-state index is -0.275. The fourth-order valence-corrected chi connectivity index (χ4v) is 0.680. The number of nitrogens with zero attached hydrogens (tertiary/aromatic N) is 2. The molecule has 0 aliphatic carbocycles. The molecule has 0 spiro atoms. The van der Waals surface area contributed by atoms with E-state index in [0.29, 0.717) is 13.1 Å². The maximum atomic E-state index is 5.10. The molecule has 1 heterocycles. The molecule has 4 nitrogen and oxygen atoms in total. The van der Waals surface area contributed by atoms with Crippen LogP contribution in [0.4, 0.5) is 0 Å². The van der Waals surface area contributed by atoms with Gasteiger partial charge in [0.15, 0.2) is 6.10 Å². The van der Waals surface area contributed by atoms with Crippen LogP contribution in [0.3, 0.4) is 0 Å². The maximum absolute atomic E-state index is 5.10. The zero-order chi connectivity index (χ0) is 8.81. The van der Waals surface area contributed by atoms with E-state index < -0.39 is 0 Å². The Bertz CT molecular complexity index is 239. The molecule has 0 saturated carbocycles. The Kier molecular flexibility index (Phi) is 3.15. The number of nitrogens with one attached hydrogen (secondary N) is 1. The minimum absolute atomic E-state index is 0.275. The molecule has 64 valence electrons. The third-order valence-electron chi connectivity index (χ3n) is 1.34. The van der Waals surface area contributed by atoms with Gasteiger partial charge in [-0.25, -0.2) is 0 Å². The molecule has 1 unspecified atom stereocenters. The number of hydrogen-bond donors (Lipinski definition) is 1. The Balaban J connectivity index is 2.37. The van der Waals surface area contributed by atoms with E-state index in [4.69, 9.17) is 11.3 Å². The van der Waals surface area contributed by atoms with Crippen LogP contribution >= 0.6 is 0 Å². The Hall–Kier alpha value is -1.50. The predicted octanol–water partition coefficient (Wildman–Crippen LogP) is 0.0122. The first-order chi connectivity index (χ1) is 5.83. The summed E-state index contributed by atoms with van der Waals surface area (Å²) in [6, 6.07) is 0. The van der Waals surface area contributed by atoms with Crippen molar-refractivity contribution >= 4 is 12.1 Å². The Morgan fingerprint density at radius 2 is 2.75 bits per heavy atom. The molecule has 1 rings (SSSR count). The fraction of sp³-hybridized carbons (Fsp3) is 0.500. The second kappa shape index (κ2) is 4.39. The summed E-state index contributed by atoms with van der Waals surface area (Å²) in [4.78, 5) is 8.93. The quantitative estimate of drug-likeness (QED) is 0.463. The lowest BCUT2D eigenvalue weighted by Crippen LogP contribution is -2.29. The summed E-state index contributed by atoms with van der Waals surface area (Å²) < 4.78 is 0. The number of terminal acetylenes is 1. The zero-order valence-corrected chi connectivity index (χ0v) is 6.95. The lowest BCUT2D eigenvalue weighted by molar-refractivity contribution is 0.111. The highest BCUT2D eigenvalue weighted by Gasteiger charge is 2.02. The van der Waals surface area contributed by atoms with Crippen molar-refractivity contribution in [2.45, 2.75) is 13.0 Å². The van der Waals surface area contributed by atoms with E-state index in [-0.39, 0.29) is 6.10 Å². The van der Waals surface area contributed by atoms with Gasteiger partial charge >= 0.3 is 0 Å². The van der Waals surface area contributed by atoms with Gasteiger partial charge in [-0.1, -0.05) is 11.1 Å². The topological polar surface area (TPSA) is 46.0 Å². The number of rotatable bonds is 2. The fourth-order valence-electron chi connectivity index (χ4n) is 0.680. The molecular weight excluding hydrogens is 154 g/mol. The van der Waals surface area contributed by atoms with E-state index in [9.17, 15) is 0 Å². The van der Waals surface area contributed by atoms with Crippen LogP contribution in [0.15, 0.2) is 10.1 Å². The largest absolute Gasteiger partial charge is 0.380 e. The number of aliphatic imine (C=N–C) groups is 1. The van der Waals surface area contributed by atoms with E-state index in [2.05, 4.69) is 21.4 Å². The smallest absolute Gasteiger partial charge is 0.184 e. The van der Waals surface area contributed by atoms with Crippen molar-refractivity contribution in [1.29, 1.82) is 0 Å². The van der Waals surface area contributed by atoms with Crippen LogP contribution in [0, 0.1) is 12.3 Å². The molecule has 1 N–H and O–H groups in total. The standard InChI is InChI=1S/C8H11N3O/c1-3-7(2)12-11-8-4-9-6-10-5-8/h1,6-7H,4-5H2,2H3,(H,9,10). The van der Waals surface area contributed by atoms with Gasteiger partial charge in [0.25, 0.3) is 0 Å². The van der Waals surface area contributed by atoms with Crippen LogP contribution in [-0.2, 0) is 4.84 Å². The first kappa shape index (κ1) is 8.60. The summed E-state index contributed by atoms with van der Waals surface area (Å²) in [7, 11) is 0. The molecule has 12 heavy (non-hydrogen) atoms. The average molecular weight is 165 g/mol. The molecule has 0 aromatic rings. The van der Waals surface area contributed by atoms with Crippen molar-refractivity contribution in [2.75, 3.05) is 13.1 Å². The Morgan fingerprint density at radius 3 is 3.33 bits per heavy atom. The van der Waals surface area contributed by atoms with Crippen LogP contribution in [0.5, 0.6) is 0 Å². The third-order valence-corrected chi connectivity index (χ3v) is 1.34. The van der Waals surface area contributed by atoms with Gasteiger partial charge < -0.3 is 10.2 Å². The number of hydrogen-bond acceptors (Lipinski definition) is 4. The summed E-state index contributed by atoms with van der Waals surface area (Å²) in [5.41, 5.74) is 0.861. The summed E-state index contributed by atoms with van der Waals surface area (Å²) >= 11 is 0. The zero-order valence-electron chi connectivity index (χ0n) is 6.95. The highest BCUT2D eigenvalue weighted by Crippen LogP contribution is 1.91. The van der Waals surface area contributed by atoms with Gasteiger partial charge in [-0.15, -0.1) is 6.42 Å². The summed E-state index contributed by atoms with van der Waals surface area (Å²) in [6.45, 7) is 3.04. The van der Waals surface area contributed by atoms with Gasteiger partial charge in [0, 0.05) is 0 Å². The molecule has 4 heteroatoms. The highest BCUT2D eigenvalue weighted by molar-refractivity contribution is 5.92. The van der Waals surface area contributed by atoms with Gasteiger partial charge in [-0.3, -0.25) is 4.99 Å². The molecule has 0 radical (unpaired) electrons. The highest BCUT2D eigenvalue weighted by atomic mass is 16.6. The van der Waals surface area contributed by atoms with Gasteiger partial charge in [-0.2, -0.15) is 0 Å². The molecule has 0 aromatic carbocycles. The number of oxime groups is 1. The van der Waals surface area contributed by atoms with E-state index in [0.717, 1.165) is 5.71 Å². The first-order valence-electron chi connectivity index (χ1n) is 3.72. The van der Waals surface area contributed by atoms with Gasteiger partial charge in [0.2, 0.25) is 0 Å². The lowest BCUT2D eigenvalue weighted by atomic mass is 10.3. The molecule has 0 bridgehead atoms. The third kappa shape index (κ3) is 2.62. The molecule has 1 aliphatic rings. The normalized spacial score (nSPS) is 21.2. The predicted molar refractivity (Wildman–Crippen MR) is 48.2 cm³/mol. The lowest BCUT2D eigenvalue weighted by Gasteiger charge is -2.09. The molecule has 0 fully saturated rings. The maximum Gasteiger partial charge on any atom is 0.184 e. The molecule has 1 atom stereocenters.